The highest BCUT2D eigenvalue weighted by Gasteiger charge is 2.12. The summed E-state index contributed by atoms with van der Waals surface area (Å²) in [5, 5.41) is 12.1. The number of ether oxygens (including phenoxy) is 1. The monoisotopic (exact) mass is 372 g/mol. The number of nitriles is 1. The van der Waals surface area contributed by atoms with Crippen LogP contribution in [0, 0.1) is 18.3 Å². The number of nitrogens with one attached hydrogen (secondary N) is 1. The molecule has 0 aliphatic heterocycles. The fourth-order valence-corrected chi connectivity index (χ4v) is 2.40. The van der Waals surface area contributed by atoms with Gasteiger partial charge in [-0.2, -0.15) is 5.26 Å². The molecule has 1 aromatic heterocycles. The Balaban J connectivity index is 1.70. The van der Waals surface area contributed by atoms with E-state index in [2.05, 4.69) is 5.32 Å². The van der Waals surface area contributed by atoms with E-state index in [4.69, 9.17) is 9.15 Å². The van der Waals surface area contributed by atoms with E-state index >= 15 is 0 Å². The zero-order valence-electron chi connectivity index (χ0n) is 15.0. The predicted octanol–water partition coefficient (Wildman–Crippen LogP) is 4.35. The van der Waals surface area contributed by atoms with E-state index in [1.165, 1.54) is 18.4 Å². The highest BCUT2D eigenvalue weighted by Crippen LogP contribution is 2.18. The van der Waals surface area contributed by atoms with E-state index < -0.39 is 11.9 Å². The second-order valence-electron chi connectivity index (χ2n) is 5.87. The van der Waals surface area contributed by atoms with Crippen molar-refractivity contribution in [2.45, 2.75) is 6.92 Å². The maximum absolute atomic E-state index is 12.4. The molecule has 0 atom stereocenters. The third kappa shape index (κ3) is 4.54. The number of hydrogen-bond acceptors (Lipinski definition) is 5. The molecule has 3 aromatic rings. The molecule has 2 aromatic carbocycles. The molecule has 0 fully saturated rings. The minimum absolute atomic E-state index is 0.0383. The van der Waals surface area contributed by atoms with E-state index in [1.807, 2.05) is 25.1 Å². The van der Waals surface area contributed by atoms with Gasteiger partial charge in [0.1, 0.15) is 17.4 Å². The fourth-order valence-electron chi connectivity index (χ4n) is 2.40. The Hall–Kier alpha value is -4.11. The molecule has 0 radical (unpaired) electrons. The number of aryl methyl sites for hydroxylation is 1. The first-order chi connectivity index (χ1) is 13.6. The lowest BCUT2D eigenvalue weighted by Crippen LogP contribution is -2.14. The number of nitrogens with zero attached hydrogens (tertiary/aromatic N) is 1. The smallest absolute Gasteiger partial charge is 0.379 e. The molecule has 0 bridgehead atoms. The van der Waals surface area contributed by atoms with Gasteiger partial charge in [-0.25, -0.2) is 4.79 Å². The van der Waals surface area contributed by atoms with Gasteiger partial charge in [0.2, 0.25) is 5.76 Å². The number of para-hydroxylation sites is 1. The molecule has 0 spiro atoms. The van der Waals surface area contributed by atoms with Crippen LogP contribution in [0.25, 0.3) is 6.08 Å². The van der Waals surface area contributed by atoms with Crippen molar-refractivity contribution in [3.8, 4) is 11.8 Å². The first-order valence-corrected chi connectivity index (χ1v) is 8.41. The zero-order chi connectivity index (χ0) is 19.9. The molecule has 0 saturated carbocycles. The number of amides is 1. The van der Waals surface area contributed by atoms with E-state index in [0.717, 1.165) is 5.56 Å². The summed E-state index contributed by atoms with van der Waals surface area (Å²) >= 11 is 0. The molecule has 1 N–H and O–H groups in total. The van der Waals surface area contributed by atoms with Gasteiger partial charge in [0.25, 0.3) is 5.91 Å². The summed E-state index contributed by atoms with van der Waals surface area (Å²) < 4.78 is 10.2. The van der Waals surface area contributed by atoms with Gasteiger partial charge in [-0.1, -0.05) is 30.3 Å². The van der Waals surface area contributed by atoms with E-state index in [9.17, 15) is 14.9 Å². The van der Waals surface area contributed by atoms with Gasteiger partial charge in [0.15, 0.2) is 0 Å². The van der Waals surface area contributed by atoms with Crippen LogP contribution in [0.5, 0.6) is 5.75 Å². The lowest BCUT2D eigenvalue weighted by molar-refractivity contribution is -0.112. The standard InChI is InChI=1S/C22H16N2O4/c1-15-5-2-3-6-19(15)24-21(25)17(14-23)13-16-8-10-18(11-9-16)28-22(26)20-7-4-12-27-20/h2-13H,1H3,(H,24,25)/b17-13+. The number of furan rings is 1. The van der Waals surface area contributed by atoms with Gasteiger partial charge in [0, 0.05) is 5.69 Å². The van der Waals surface area contributed by atoms with Gasteiger partial charge in [-0.05, 0) is 54.5 Å². The van der Waals surface area contributed by atoms with Gasteiger partial charge in [-0.3, -0.25) is 4.79 Å². The van der Waals surface area contributed by atoms with E-state index in [0.29, 0.717) is 17.0 Å². The second-order valence-corrected chi connectivity index (χ2v) is 5.87. The van der Waals surface area contributed by atoms with Crippen LogP contribution in [0.15, 0.2) is 76.9 Å². The summed E-state index contributed by atoms with van der Waals surface area (Å²) in [4.78, 5) is 24.2. The molecule has 1 heterocycles. The van der Waals surface area contributed by atoms with Crippen LogP contribution in [0.1, 0.15) is 21.7 Å². The highest BCUT2D eigenvalue weighted by molar-refractivity contribution is 6.09. The third-order valence-electron chi connectivity index (χ3n) is 3.88. The van der Waals surface area contributed by atoms with Gasteiger partial charge >= 0.3 is 5.97 Å². The zero-order valence-corrected chi connectivity index (χ0v) is 15.0. The van der Waals surface area contributed by atoms with E-state index in [1.54, 1.807) is 42.5 Å². The number of anilines is 1. The van der Waals surface area contributed by atoms with Gasteiger partial charge < -0.3 is 14.5 Å². The average molecular weight is 372 g/mol. The van der Waals surface area contributed by atoms with Crippen LogP contribution < -0.4 is 10.1 Å². The Kier molecular flexibility index (Phi) is 5.68. The van der Waals surface area contributed by atoms with Crippen molar-refractivity contribution in [1.29, 1.82) is 5.26 Å². The van der Waals surface area contributed by atoms with Crippen LogP contribution in [0.3, 0.4) is 0 Å². The summed E-state index contributed by atoms with van der Waals surface area (Å²) in [6.07, 6.45) is 2.85. The molecule has 28 heavy (non-hydrogen) atoms. The predicted molar refractivity (Wildman–Crippen MR) is 104 cm³/mol. The fraction of sp³-hybridized carbons (Fsp3) is 0.0455. The number of esters is 1. The average Bonchev–Trinajstić information content (AvgIpc) is 3.24. The van der Waals surface area contributed by atoms with Crippen LogP contribution in [0.4, 0.5) is 5.69 Å². The number of carbonyl (C=O) groups excluding carboxylic acids is 2. The number of rotatable bonds is 5. The van der Waals surface area contributed by atoms with Crippen molar-refractivity contribution >= 4 is 23.6 Å². The van der Waals surface area contributed by atoms with Crippen molar-refractivity contribution in [3.05, 3.63) is 89.4 Å². The quantitative estimate of drug-likeness (QED) is 0.311. The molecular formula is C22H16N2O4. The molecule has 3 rings (SSSR count). The molecule has 138 valence electrons. The Morgan fingerprint density at radius 2 is 1.82 bits per heavy atom. The SMILES string of the molecule is Cc1ccccc1NC(=O)/C(C#N)=C/c1ccc(OC(=O)c2ccco2)cc1. The minimum atomic E-state index is -0.608. The van der Waals surface area contributed by atoms with Crippen LogP contribution in [-0.2, 0) is 4.79 Å². The lowest BCUT2D eigenvalue weighted by atomic mass is 10.1. The molecular weight excluding hydrogens is 356 g/mol. The topological polar surface area (TPSA) is 92.3 Å². The Labute approximate surface area is 161 Å². The number of benzene rings is 2. The molecule has 1 amide bonds. The molecule has 0 aliphatic rings. The summed E-state index contributed by atoms with van der Waals surface area (Å²) in [5.74, 6) is -0.682. The van der Waals surface area contributed by atoms with Crippen molar-refractivity contribution in [2.75, 3.05) is 5.32 Å². The van der Waals surface area contributed by atoms with Crippen LogP contribution in [-0.4, -0.2) is 11.9 Å². The summed E-state index contributed by atoms with van der Waals surface area (Å²) in [6.45, 7) is 1.87. The van der Waals surface area contributed by atoms with Crippen molar-refractivity contribution in [2.24, 2.45) is 0 Å². The Bertz CT molecular complexity index is 1060. The third-order valence-corrected chi connectivity index (χ3v) is 3.88. The van der Waals surface area contributed by atoms with Crippen LogP contribution in [0.2, 0.25) is 0 Å². The minimum Gasteiger partial charge on any atom is -0.457 e. The maximum Gasteiger partial charge on any atom is 0.379 e. The summed E-state index contributed by atoms with van der Waals surface area (Å²) in [5.41, 5.74) is 2.13. The van der Waals surface area contributed by atoms with Crippen LogP contribution >= 0.6 is 0 Å². The van der Waals surface area contributed by atoms with Crippen molar-refractivity contribution in [1.82, 2.24) is 0 Å². The summed E-state index contributed by atoms with van der Waals surface area (Å²) in [7, 11) is 0. The molecule has 0 aliphatic carbocycles. The molecule has 0 saturated heterocycles. The molecule has 0 unspecified atom stereocenters. The van der Waals surface area contributed by atoms with Gasteiger partial charge in [-0.15, -0.1) is 0 Å². The first kappa shape index (κ1) is 18.7. The van der Waals surface area contributed by atoms with Crippen molar-refractivity contribution < 1.29 is 18.7 Å². The maximum atomic E-state index is 12.4. The number of carbonyl (C=O) groups is 2. The molecule has 6 nitrogen and oxygen atoms in total. The first-order valence-electron chi connectivity index (χ1n) is 8.41. The lowest BCUT2D eigenvalue weighted by Gasteiger charge is -2.07. The van der Waals surface area contributed by atoms with Gasteiger partial charge in [0.05, 0.1) is 6.26 Å². The summed E-state index contributed by atoms with van der Waals surface area (Å²) in [6, 6.07) is 18.7. The Morgan fingerprint density at radius 3 is 2.46 bits per heavy atom. The molecule has 6 heteroatoms. The van der Waals surface area contributed by atoms with Crippen molar-refractivity contribution in [3.63, 3.8) is 0 Å². The highest BCUT2D eigenvalue weighted by atomic mass is 16.5. The largest absolute Gasteiger partial charge is 0.457 e. The number of hydrogen-bond donors (Lipinski definition) is 1. The normalized spacial score (nSPS) is 10.8. The van der Waals surface area contributed by atoms with E-state index in [-0.39, 0.29) is 11.3 Å². The Morgan fingerprint density at radius 1 is 1.07 bits per heavy atom. The second kappa shape index (κ2) is 8.52.